The lowest BCUT2D eigenvalue weighted by Crippen LogP contribution is -2.15. The Morgan fingerprint density at radius 1 is 1.09 bits per heavy atom. The van der Waals surface area contributed by atoms with Crippen molar-refractivity contribution in [1.82, 2.24) is 0 Å². The molecule has 0 radical (unpaired) electrons. The van der Waals surface area contributed by atoms with Crippen LogP contribution in [-0.4, -0.2) is 5.91 Å². The van der Waals surface area contributed by atoms with Gasteiger partial charge in [-0.05, 0) is 35.9 Å². The van der Waals surface area contributed by atoms with Crippen molar-refractivity contribution in [2.24, 2.45) is 0 Å². The number of carbonyl (C=O) groups is 1. The van der Waals surface area contributed by atoms with Gasteiger partial charge in [-0.3, -0.25) is 4.79 Å². The van der Waals surface area contributed by atoms with Crippen LogP contribution in [-0.2, 0) is 4.79 Å². The van der Waals surface area contributed by atoms with E-state index in [1.165, 1.54) is 6.08 Å². The summed E-state index contributed by atoms with van der Waals surface area (Å²) in [5.41, 5.74) is -0.380. The first-order chi connectivity index (χ1) is 10.9. The number of nitrogens with zero attached hydrogens (tertiary/aromatic N) is 1. The topological polar surface area (TPSA) is 52.9 Å². The average molecular weight is 337 g/mol. The van der Waals surface area contributed by atoms with E-state index in [0.29, 0.717) is 16.7 Å². The summed E-state index contributed by atoms with van der Waals surface area (Å²) >= 11 is 5.72. The van der Waals surface area contributed by atoms with Crippen molar-refractivity contribution < 1.29 is 18.0 Å². The van der Waals surface area contributed by atoms with Crippen LogP contribution < -0.4 is 5.32 Å². The molecule has 0 bridgehead atoms. The Kier molecular flexibility index (Phi) is 5.04. The van der Waals surface area contributed by atoms with E-state index in [-0.39, 0.29) is 5.57 Å². The van der Waals surface area contributed by atoms with E-state index in [4.69, 9.17) is 16.9 Å². The zero-order chi connectivity index (χ0) is 17.0. The number of hydrogen-bond donors (Lipinski definition) is 1. The van der Waals surface area contributed by atoms with E-state index in [2.05, 4.69) is 0 Å². The van der Waals surface area contributed by atoms with Gasteiger partial charge in [-0.25, -0.2) is 13.2 Å². The van der Waals surface area contributed by atoms with Gasteiger partial charge < -0.3 is 5.32 Å². The molecule has 2 aromatic carbocycles. The lowest BCUT2D eigenvalue weighted by molar-refractivity contribution is -0.112. The Morgan fingerprint density at radius 3 is 2.35 bits per heavy atom. The minimum absolute atomic E-state index is 0.337. The Balaban J connectivity index is 2.26. The molecule has 0 aliphatic carbocycles. The molecule has 0 saturated heterocycles. The Hall–Kier alpha value is -2.78. The van der Waals surface area contributed by atoms with Gasteiger partial charge in [0, 0.05) is 5.02 Å². The highest BCUT2D eigenvalue weighted by Gasteiger charge is 2.17. The van der Waals surface area contributed by atoms with Gasteiger partial charge in [0.05, 0.1) is 5.69 Å². The van der Waals surface area contributed by atoms with E-state index in [1.54, 1.807) is 30.3 Å². The van der Waals surface area contributed by atoms with E-state index in [1.807, 2.05) is 5.32 Å². The Morgan fingerprint density at radius 2 is 1.74 bits per heavy atom. The van der Waals surface area contributed by atoms with Crippen LogP contribution >= 0.6 is 11.6 Å². The SMILES string of the molecule is N#CC(=Cc1ccc(Cl)cc1)C(=O)Nc1ccc(F)c(F)c1F. The van der Waals surface area contributed by atoms with Gasteiger partial charge in [-0.2, -0.15) is 5.26 Å². The highest BCUT2D eigenvalue weighted by molar-refractivity contribution is 6.30. The number of rotatable bonds is 3. The Labute approximate surface area is 134 Å². The first-order valence-corrected chi connectivity index (χ1v) is 6.62. The third-order valence-corrected chi connectivity index (χ3v) is 3.08. The highest BCUT2D eigenvalue weighted by atomic mass is 35.5. The molecule has 7 heteroatoms. The van der Waals surface area contributed by atoms with Gasteiger partial charge in [0.1, 0.15) is 11.6 Å². The molecule has 2 aromatic rings. The molecule has 23 heavy (non-hydrogen) atoms. The molecule has 1 amide bonds. The van der Waals surface area contributed by atoms with Crippen molar-refractivity contribution >= 4 is 29.3 Å². The summed E-state index contributed by atoms with van der Waals surface area (Å²) in [5.74, 6) is -5.57. The van der Waals surface area contributed by atoms with Crippen LogP contribution in [0.3, 0.4) is 0 Å². The van der Waals surface area contributed by atoms with Crippen LogP contribution in [0.15, 0.2) is 42.0 Å². The molecule has 0 heterocycles. The summed E-state index contributed by atoms with van der Waals surface area (Å²) in [6.07, 6.45) is 1.25. The van der Waals surface area contributed by atoms with Crippen LogP contribution in [0.5, 0.6) is 0 Å². The molecular formula is C16H8ClF3N2O. The quantitative estimate of drug-likeness (QED) is 0.516. The van der Waals surface area contributed by atoms with Crippen molar-refractivity contribution in [3.8, 4) is 6.07 Å². The lowest BCUT2D eigenvalue weighted by atomic mass is 10.1. The number of halogens is 4. The number of anilines is 1. The zero-order valence-electron chi connectivity index (χ0n) is 11.4. The standard InChI is InChI=1S/C16H8ClF3N2O/c17-11-3-1-9(2-4-11)7-10(8-21)16(23)22-13-6-5-12(18)14(19)15(13)20/h1-7H,(H,22,23). The van der Waals surface area contributed by atoms with Crippen LogP contribution in [0.2, 0.25) is 5.02 Å². The predicted molar refractivity (Wildman–Crippen MR) is 80.0 cm³/mol. The third kappa shape index (κ3) is 3.90. The summed E-state index contributed by atoms with van der Waals surface area (Å²) in [5, 5.41) is 11.5. The average Bonchev–Trinajstić information content (AvgIpc) is 2.54. The monoisotopic (exact) mass is 336 g/mol. The molecule has 0 aliphatic heterocycles. The first-order valence-electron chi connectivity index (χ1n) is 6.24. The van der Waals surface area contributed by atoms with Gasteiger partial charge in [0.2, 0.25) is 0 Å². The van der Waals surface area contributed by atoms with Crippen molar-refractivity contribution in [1.29, 1.82) is 5.26 Å². The highest BCUT2D eigenvalue weighted by Crippen LogP contribution is 2.20. The molecule has 1 N–H and O–H groups in total. The van der Waals surface area contributed by atoms with Crippen LogP contribution in [0.25, 0.3) is 6.08 Å². The minimum atomic E-state index is -1.71. The van der Waals surface area contributed by atoms with Crippen molar-refractivity contribution in [3.05, 3.63) is 70.0 Å². The number of nitriles is 1. The molecule has 2 rings (SSSR count). The molecule has 0 fully saturated rings. The fraction of sp³-hybridized carbons (Fsp3) is 0. The van der Waals surface area contributed by atoms with Crippen molar-refractivity contribution in [2.45, 2.75) is 0 Å². The smallest absolute Gasteiger partial charge is 0.266 e. The largest absolute Gasteiger partial charge is 0.319 e. The number of benzene rings is 2. The normalized spacial score (nSPS) is 11.0. The van der Waals surface area contributed by atoms with Crippen molar-refractivity contribution in [3.63, 3.8) is 0 Å². The molecular weight excluding hydrogens is 329 g/mol. The first kappa shape index (κ1) is 16.6. The van der Waals surface area contributed by atoms with Gasteiger partial charge >= 0.3 is 0 Å². The molecule has 0 spiro atoms. The molecule has 3 nitrogen and oxygen atoms in total. The van der Waals surface area contributed by atoms with Gasteiger partial charge in [-0.1, -0.05) is 23.7 Å². The second-order valence-corrected chi connectivity index (χ2v) is 4.83. The fourth-order valence-corrected chi connectivity index (χ4v) is 1.81. The van der Waals surface area contributed by atoms with E-state index in [0.717, 1.165) is 6.07 Å². The molecule has 0 aliphatic rings. The summed E-state index contributed by atoms with van der Waals surface area (Å²) in [6.45, 7) is 0. The van der Waals surface area contributed by atoms with E-state index >= 15 is 0 Å². The molecule has 0 atom stereocenters. The number of carbonyl (C=O) groups excluding carboxylic acids is 1. The van der Waals surface area contributed by atoms with Gasteiger partial charge in [0.15, 0.2) is 17.5 Å². The molecule has 0 unspecified atom stereocenters. The van der Waals surface area contributed by atoms with E-state index < -0.39 is 29.0 Å². The molecule has 116 valence electrons. The second kappa shape index (κ2) is 6.99. The predicted octanol–water partition coefficient (Wildman–Crippen LogP) is 4.30. The fourth-order valence-electron chi connectivity index (χ4n) is 1.69. The molecule has 0 saturated carbocycles. The van der Waals surface area contributed by atoms with Crippen LogP contribution in [0, 0.1) is 28.8 Å². The maximum atomic E-state index is 13.5. The van der Waals surface area contributed by atoms with E-state index in [9.17, 15) is 18.0 Å². The maximum Gasteiger partial charge on any atom is 0.266 e. The van der Waals surface area contributed by atoms with Crippen molar-refractivity contribution in [2.75, 3.05) is 5.32 Å². The summed E-state index contributed by atoms with van der Waals surface area (Å²) in [4.78, 5) is 12.0. The van der Waals surface area contributed by atoms with Gasteiger partial charge in [0.25, 0.3) is 5.91 Å². The van der Waals surface area contributed by atoms with Crippen LogP contribution in [0.1, 0.15) is 5.56 Å². The summed E-state index contributed by atoms with van der Waals surface area (Å²) in [7, 11) is 0. The lowest BCUT2D eigenvalue weighted by Gasteiger charge is -2.06. The minimum Gasteiger partial charge on any atom is -0.319 e. The molecule has 0 aromatic heterocycles. The number of nitrogens with one attached hydrogen (secondary N) is 1. The number of amides is 1. The Bertz CT molecular complexity index is 826. The zero-order valence-corrected chi connectivity index (χ0v) is 12.2. The second-order valence-electron chi connectivity index (χ2n) is 4.40. The maximum absolute atomic E-state index is 13.5. The van der Waals surface area contributed by atoms with Crippen LogP contribution in [0.4, 0.5) is 18.9 Å². The summed E-state index contributed by atoms with van der Waals surface area (Å²) in [6, 6.07) is 9.47. The number of hydrogen-bond acceptors (Lipinski definition) is 2. The third-order valence-electron chi connectivity index (χ3n) is 2.83. The van der Waals surface area contributed by atoms with Gasteiger partial charge in [-0.15, -0.1) is 0 Å². The summed E-state index contributed by atoms with van der Waals surface area (Å²) < 4.78 is 39.5.